The van der Waals surface area contributed by atoms with Gasteiger partial charge in [0.05, 0.1) is 25.4 Å². The number of aliphatic hydroxyl groups excluding tert-OH is 5. The lowest BCUT2D eigenvalue weighted by Crippen LogP contribution is -2.60. The Kier molecular flexibility index (Phi) is 72.4. The first-order chi connectivity index (χ1) is 47.8. The van der Waals surface area contributed by atoms with Crippen LogP contribution < -0.4 is 5.32 Å². The van der Waals surface area contributed by atoms with Crippen LogP contribution >= 0.6 is 0 Å². The topological polar surface area (TPSA) is 149 Å². The van der Waals surface area contributed by atoms with E-state index in [1.54, 1.807) is 6.08 Å². The number of amides is 1. The van der Waals surface area contributed by atoms with Crippen molar-refractivity contribution in [2.45, 2.75) is 455 Å². The van der Waals surface area contributed by atoms with Crippen LogP contribution in [-0.4, -0.2) is 87.5 Å². The summed E-state index contributed by atoms with van der Waals surface area (Å²) in [5.74, 6) is -0.179. The van der Waals surface area contributed by atoms with E-state index < -0.39 is 49.5 Å². The second-order valence-electron chi connectivity index (χ2n) is 29.2. The van der Waals surface area contributed by atoms with Crippen LogP contribution in [0.1, 0.15) is 412 Å². The maximum atomic E-state index is 13.2. The summed E-state index contributed by atoms with van der Waals surface area (Å²) in [5.41, 5.74) is 0. The fourth-order valence-electron chi connectivity index (χ4n) is 13.4. The molecule has 1 aliphatic heterocycles. The number of hydrogen-bond donors (Lipinski definition) is 6. The van der Waals surface area contributed by atoms with E-state index in [1.807, 2.05) is 6.08 Å². The first-order valence-electron chi connectivity index (χ1n) is 42.3. The van der Waals surface area contributed by atoms with Gasteiger partial charge in [0, 0.05) is 6.42 Å². The Labute approximate surface area is 601 Å². The maximum Gasteiger partial charge on any atom is 0.220 e. The molecule has 0 saturated carbocycles. The maximum absolute atomic E-state index is 13.2. The Bertz CT molecular complexity index is 1820. The van der Waals surface area contributed by atoms with Gasteiger partial charge in [0.15, 0.2) is 6.29 Å². The van der Waals surface area contributed by atoms with Crippen LogP contribution in [0.4, 0.5) is 0 Å². The van der Waals surface area contributed by atoms with Crippen LogP contribution in [0, 0.1) is 0 Å². The van der Waals surface area contributed by atoms with Gasteiger partial charge in [-0.1, -0.05) is 414 Å². The molecule has 97 heavy (non-hydrogen) atoms. The number of aliphatic hydroxyl groups is 5. The molecule has 1 fully saturated rings. The minimum Gasteiger partial charge on any atom is -0.394 e. The summed E-state index contributed by atoms with van der Waals surface area (Å²) in [5, 5.41) is 54.9. The summed E-state index contributed by atoms with van der Waals surface area (Å²) in [6.07, 6.45) is 103. The van der Waals surface area contributed by atoms with E-state index in [4.69, 9.17) is 9.47 Å². The third-order valence-electron chi connectivity index (χ3n) is 20.0. The quantitative estimate of drug-likeness (QED) is 0.0261. The predicted octanol–water partition coefficient (Wildman–Crippen LogP) is 24.8. The van der Waals surface area contributed by atoms with E-state index in [1.165, 1.54) is 321 Å². The number of unbranched alkanes of at least 4 members (excludes halogenated alkanes) is 53. The minimum atomic E-state index is -1.58. The van der Waals surface area contributed by atoms with Gasteiger partial charge in [0.2, 0.25) is 5.91 Å². The van der Waals surface area contributed by atoms with Crippen LogP contribution in [0.2, 0.25) is 0 Å². The van der Waals surface area contributed by atoms with Crippen LogP contribution in [0.5, 0.6) is 0 Å². The highest BCUT2D eigenvalue weighted by Gasteiger charge is 2.44. The summed E-state index contributed by atoms with van der Waals surface area (Å²) >= 11 is 0. The summed E-state index contributed by atoms with van der Waals surface area (Å²) in [7, 11) is 0. The standard InChI is InChI=1S/C88H161NO8/c1-3-5-7-9-11-13-15-17-19-21-23-25-27-29-31-33-35-37-38-39-40-41-42-43-44-46-48-50-52-54-56-58-60-62-64-66-68-70-72-74-76-78-84(92)89-81(80-96-88-87(95)86(94)85(93)83(79-90)97-88)82(91)77-75-73-71-69-67-65-63-61-59-57-55-53-51-49-47-45-36-34-32-30-28-26-24-22-20-18-16-14-12-10-8-6-4-2/h5,7,11,13,17,19,23,25,29,31,67,69,75,77,81-83,85-88,90-91,93-95H,3-4,6,8-10,12,14-16,18,20-22,24,26-28,30,32-66,68,70-74,76,78-80H2,1-2H3,(H,89,92)/b7-5-,13-11-,19-17-,25-23-,31-29-,69-67+,77-75+. The zero-order valence-electron chi connectivity index (χ0n) is 63.8. The zero-order chi connectivity index (χ0) is 69.9. The zero-order valence-corrected chi connectivity index (χ0v) is 63.8. The third-order valence-corrected chi connectivity index (χ3v) is 20.0. The van der Waals surface area contributed by atoms with Gasteiger partial charge in [-0.25, -0.2) is 0 Å². The van der Waals surface area contributed by atoms with Crippen molar-refractivity contribution in [2.24, 2.45) is 0 Å². The molecule has 1 amide bonds. The summed E-state index contributed by atoms with van der Waals surface area (Å²) in [4.78, 5) is 13.2. The molecular weight excluding hydrogens is 1200 g/mol. The van der Waals surface area contributed by atoms with E-state index in [2.05, 4.69) is 92.1 Å². The van der Waals surface area contributed by atoms with Crippen LogP contribution in [-0.2, 0) is 14.3 Å². The molecule has 0 aromatic heterocycles. The number of hydrogen-bond acceptors (Lipinski definition) is 8. The molecule has 9 nitrogen and oxygen atoms in total. The smallest absolute Gasteiger partial charge is 0.220 e. The number of carbonyl (C=O) groups is 1. The summed E-state index contributed by atoms with van der Waals surface area (Å²) in [6, 6.07) is -0.825. The molecule has 0 bridgehead atoms. The SMILES string of the molecule is CC/C=C\C/C=C\C/C=C\C/C=C\C/C=C\CCCCCCCCCCCCCCCCCCCCCCCCCCCC(=O)NC(COC1OC(CO)C(O)C(O)C1O)C(O)/C=C/CC/C=C/CCCCCCCCCCCCCCCCCCCCCCCCCCCCC. The summed E-state index contributed by atoms with van der Waals surface area (Å²) in [6.45, 7) is 3.71. The molecule has 1 aliphatic rings. The van der Waals surface area contributed by atoms with Gasteiger partial charge < -0.3 is 40.3 Å². The molecule has 0 radical (unpaired) electrons. The lowest BCUT2D eigenvalue weighted by molar-refractivity contribution is -0.302. The van der Waals surface area contributed by atoms with Crippen LogP contribution in [0.15, 0.2) is 85.1 Å². The Morgan fingerprint density at radius 2 is 0.649 bits per heavy atom. The van der Waals surface area contributed by atoms with E-state index in [0.29, 0.717) is 6.42 Å². The third kappa shape index (κ3) is 64.0. The second-order valence-corrected chi connectivity index (χ2v) is 29.2. The van der Waals surface area contributed by atoms with Crippen molar-refractivity contribution in [1.29, 1.82) is 0 Å². The Morgan fingerprint density at radius 1 is 0.361 bits per heavy atom. The number of rotatable bonds is 75. The highest BCUT2D eigenvalue weighted by Crippen LogP contribution is 2.24. The van der Waals surface area contributed by atoms with Gasteiger partial charge >= 0.3 is 0 Å². The summed E-state index contributed by atoms with van der Waals surface area (Å²) < 4.78 is 11.3. The van der Waals surface area contributed by atoms with Gasteiger partial charge in [0.1, 0.15) is 24.4 Å². The molecule has 566 valence electrons. The van der Waals surface area contributed by atoms with Crippen LogP contribution in [0.25, 0.3) is 0 Å². The van der Waals surface area contributed by atoms with Crippen molar-refractivity contribution < 1.29 is 39.8 Å². The predicted molar refractivity (Wildman–Crippen MR) is 419 cm³/mol. The molecule has 0 spiro atoms. The largest absolute Gasteiger partial charge is 0.394 e. The van der Waals surface area contributed by atoms with Crippen molar-refractivity contribution in [2.75, 3.05) is 13.2 Å². The van der Waals surface area contributed by atoms with Gasteiger partial charge in [-0.05, 0) is 77.0 Å². The molecule has 0 aliphatic carbocycles. The molecule has 1 heterocycles. The first kappa shape index (κ1) is 92.4. The van der Waals surface area contributed by atoms with Crippen molar-refractivity contribution >= 4 is 5.91 Å². The van der Waals surface area contributed by atoms with Crippen LogP contribution in [0.3, 0.4) is 0 Å². The minimum absolute atomic E-state index is 0.179. The Morgan fingerprint density at radius 3 is 0.990 bits per heavy atom. The van der Waals surface area contributed by atoms with E-state index in [9.17, 15) is 30.3 Å². The average molecular weight is 1360 g/mol. The Hall–Kier alpha value is -2.63. The van der Waals surface area contributed by atoms with Gasteiger partial charge in [-0.3, -0.25) is 4.79 Å². The van der Waals surface area contributed by atoms with Crippen molar-refractivity contribution in [1.82, 2.24) is 5.32 Å². The molecular formula is C88H161NO8. The van der Waals surface area contributed by atoms with Gasteiger partial charge in [-0.15, -0.1) is 0 Å². The molecule has 9 heteroatoms. The van der Waals surface area contributed by atoms with Crippen molar-refractivity contribution in [3.8, 4) is 0 Å². The highest BCUT2D eigenvalue weighted by molar-refractivity contribution is 5.76. The molecule has 1 saturated heterocycles. The fourth-order valence-corrected chi connectivity index (χ4v) is 13.4. The van der Waals surface area contributed by atoms with Crippen molar-refractivity contribution in [3.05, 3.63) is 85.1 Å². The number of carbonyl (C=O) groups excluding carboxylic acids is 1. The van der Waals surface area contributed by atoms with E-state index in [0.717, 1.165) is 70.6 Å². The highest BCUT2D eigenvalue weighted by atomic mass is 16.7. The second kappa shape index (κ2) is 76.0. The molecule has 1 rings (SSSR count). The van der Waals surface area contributed by atoms with Crippen molar-refractivity contribution in [3.63, 3.8) is 0 Å². The van der Waals surface area contributed by atoms with Gasteiger partial charge in [-0.2, -0.15) is 0 Å². The monoisotopic (exact) mass is 1360 g/mol. The van der Waals surface area contributed by atoms with E-state index in [-0.39, 0.29) is 12.5 Å². The lowest BCUT2D eigenvalue weighted by atomic mass is 9.99. The van der Waals surface area contributed by atoms with Gasteiger partial charge in [0.25, 0.3) is 0 Å². The molecule has 0 aromatic carbocycles. The number of allylic oxidation sites excluding steroid dienone is 13. The number of ether oxygens (including phenoxy) is 2. The molecule has 7 unspecified atom stereocenters. The molecule has 6 N–H and O–H groups in total. The average Bonchev–Trinajstić information content (AvgIpc) is 0.854. The normalized spacial score (nSPS) is 17.8. The molecule has 7 atom stereocenters. The van der Waals surface area contributed by atoms with E-state index >= 15 is 0 Å². The number of nitrogens with one attached hydrogen (secondary N) is 1. The lowest BCUT2D eigenvalue weighted by Gasteiger charge is -2.40. The fraction of sp³-hybridized carbons (Fsp3) is 0.830. The molecule has 0 aromatic rings. The first-order valence-corrected chi connectivity index (χ1v) is 42.3. The Balaban J connectivity index is 2.05.